The van der Waals surface area contributed by atoms with Crippen molar-refractivity contribution in [3.8, 4) is 5.75 Å². The number of nitrogens with two attached hydrogens (primary N) is 2. The van der Waals surface area contributed by atoms with Gasteiger partial charge in [0.05, 0.1) is 30.6 Å². The Labute approximate surface area is 199 Å². The first-order chi connectivity index (χ1) is 16.6. The number of primary amides is 1. The molecule has 11 nitrogen and oxygen atoms in total. The average molecular weight is 481 g/mol. The summed E-state index contributed by atoms with van der Waals surface area (Å²) < 4.78 is 21.1. The zero-order valence-corrected chi connectivity index (χ0v) is 19.1. The molecule has 0 aliphatic carbocycles. The van der Waals surface area contributed by atoms with Crippen LogP contribution in [0, 0.1) is 5.95 Å². The number of hydrogen-bond acceptors (Lipinski definition) is 7. The standard InChI is InChI=1S/C23H24FN7O4/c1-11(2)31-21(25)18(22(26)33)19(30-31)23(34)29-15-9-14(10-27-20(15)24)28-17(32)8-12-3-4-16-13(7-12)5-6-35-16/h3-4,7,9-11H,5-6,8,25H2,1-2H3,(H2,26,33)(H,28,32)(H,29,34). The van der Waals surface area contributed by atoms with E-state index in [0.717, 1.165) is 29.5 Å². The molecular weight excluding hydrogens is 457 g/mol. The highest BCUT2D eigenvalue weighted by atomic mass is 19.1. The highest BCUT2D eigenvalue weighted by Gasteiger charge is 2.27. The predicted octanol–water partition coefficient (Wildman–Crippen LogP) is 2.05. The van der Waals surface area contributed by atoms with Gasteiger partial charge in [-0.15, -0.1) is 0 Å². The molecule has 0 radical (unpaired) electrons. The Bertz CT molecular complexity index is 1340. The van der Waals surface area contributed by atoms with Crippen molar-refractivity contribution in [3.63, 3.8) is 0 Å². The van der Waals surface area contributed by atoms with Crippen molar-refractivity contribution in [3.05, 3.63) is 58.8 Å². The van der Waals surface area contributed by atoms with E-state index in [2.05, 4.69) is 20.7 Å². The van der Waals surface area contributed by atoms with Gasteiger partial charge in [0.1, 0.15) is 17.1 Å². The van der Waals surface area contributed by atoms with Crippen molar-refractivity contribution >= 4 is 34.9 Å². The number of pyridine rings is 1. The summed E-state index contributed by atoms with van der Waals surface area (Å²) in [7, 11) is 0. The number of carbonyl (C=O) groups is 3. The second-order valence-corrected chi connectivity index (χ2v) is 8.29. The first-order valence-electron chi connectivity index (χ1n) is 10.8. The molecular formula is C23H24FN7O4. The summed E-state index contributed by atoms with van der Waals surface area (Å²) in [5.41, 5.74) is 12.4. The number of benzene rings is 1. The summed E-state index contributed by atoms with van der Waals surface area (Å²) >= 11 is 0. The van der Waals surface area contributed by atoms with Crippen LogP contribution in [0.2, 0.25) is 0 Å². The lowest BCUT2D eigenvalue weighted by Gasteiger charge is -2.10. The lowest BCUT2D eigenvalue weighted by molar-refractivity contribution is -0.115. The Morgan fingerprint density at radius 1 is 1.23 bits per heavy atom. The summed E-state index contributed by atoms with van der Waals surface area (Å²) in [5.74, 6) is -2.46. The number of hydrogen-bond donors (Lipinski definition) is 4. The molecule has 3 heterocycles. The van der Waals surface area contributed by atoms with Gasteiger partial charge in [0.2, 0.25) is 11.9 Å². The molecule has 0 fully saturated rings. The quantitative estimate of drug-likeness (QED) is 0.375. The van der Waals surface area contributed by atoms with Crippen LogP contribution in [0.5, 0.6) is 5.75 Å². The van der Waals surface area contributed by atoms with Crippen LogP contribution < -0.4 is 26.8 Å². The monoisotopic (exact) mass is 481 g/mol. The van der Waals surface area contributed by atoms with E-state index in [1.165, 1.54) is 10.7 Å². The molecule has 6 N–H and O–H groups in total. The normalized spacial score (nSPS) is 12.2. The Hall–Kier alpha value is -4.48. The highest BCUT2D eigenvalue weighted by molar-refractivity contribution is 6.12. The van der Waals surface area contributed by atoms with Gasteiger partial charge in [0.15, 0.2) is 5.69 Å². The van der Waals surface area contributed by atoms with E-state index in [0.29, 0.717) is 6.61 Å². The first-order valence-corrected chi connectivity index (χ1v) is 10.8. The maximum absolute atomic E-state index is 14.3. The van der Waals surface area contributed by atoms with Crippen molar-refractivity contribution in [1.29, 1.82) is 0 Å². The highest BCUT2D eigenvalue weighted by Crippen LogP contribution is 2.26. The fourth-order valence-corrected chi connectivity index (χ4v) is 3.77. The summed E-state index contributed by atoms with van der Waals surface area (Å²) in [5, 5.41) is 9.00. The number of nitrogens with one attached hydrogen (secondary N) is 2. The topological polar surface area (TPSA) is 167 Å². The molecule has 35 heavy (non-hydrogen) atoms. The van der Waals surface area contributed by atoms with Gasteiger partial charge in [-0.25, -0.2) is 9.67 Å². The van der Waals surface area contributed by atoms with Crippen molar-refractivity contribution in [1.82, 2.24) is 14.8 Å². The molecule has 0 atom stereocenters. The van der Waals surface area contributed by atoms with Gasteiger partial charge in [-0.3, -0.25) is 14.4 Å². The molecule has 3 amide bonds. The molecule has 0 bridgehead atoms. The molecule has 12 heteroatoms. The van der Waals surface area contributed by atoms with E-state index in [4.69, 9.17) is 16.2 Å². The van der Waals surface area contributed by atoms with Crippen LogP contribution >= 0.6 is 0 Å². The van der Waals surface area contributed by atoms with E-state index in [1.54, 1.807) is 19.9 Å². The molecule has 3 aromatic rings. The van der Waals surface area contributed by atoms with Crippen LogP contribution in [0.3, 0.4) is 0 Å². The Morgan fingerprint density at radius 2 is 2.00 bits per heavy atom. The molecule has 1 aliphatic rings. The number of nitrogens with zero attached hydrogens (tertiary/aromatic N) is 3. The number of fused-ring (bicyclic) bond motifs is 1. The average Bonchev–Trinajstić information content (AvgIpc) is 3.39. The second kappa shape index (κ2) is 9.41. The van der Waals surface area contributed by atoms with Crippen LogP contribution in [0.15, 0.2) is 30.5 Å². The van der Waals surface area contributed by atoms with Gasteiger partial charge in [0.25, 0.3) is 11.8 Å². The van der Waals surface area contributed by atoms with E-state index < -0.39 is 17.8 Å². The van der Waals surface area contributed by atoms with Crippen molar-refractivity contribution in [2.24, 2.45) is 5.73 Å². The first kappa shape index (κ1) is 23.7. The van der Waals surface area contributed by atoms with Gasteiger partial charge in [-0.1, -0.05) is 12.1 Å². The molecule has 0 saturated carbocycles. The van der Waals surface area contributed by atoms with Gasteiger partial charge in [-0.05, 0) is 37.1 Å². The predicted molar refractivity (Wildman–Crippen MR) is 126 cm³/mol. The van der Waals surface area contributed by atoms with Gasteiger partial charge < -0.3 is 26.8 Å². The third-order valence-electron chi connectivity index (χ3n) is 5.39. The maximum atomic E-state index is 14.3. The number of ether oxygens (including phenoxy) is 1. The van der Waals surface area contributed by atoms with Gasteiger partial charge in [0, 0.05) is 12.5 Å². The number of halogens is 1. The number of anilines is 3. The summed E-state index contributed by atoms with van der Waals surface area (Å²) in [6.45, 7) is 4.12. The van der Waals surface area contributed by atoms with E-state index in [1.807, 2.05) is 12.1 Å². The van der Waals surface area contributed by atoms with E-state index >= 15 is 0 Å². The Balaban J connectivity index is 1.50. The van der Waals surface area contributed by atoms with Crippen molar-refractivity contribution < 1.29 is 23.5 Å². The second-order valence-electron chi connectivity index (χ2n) is 8.29. The van der Waals surface area contributed by atoms with Crippen molar-refractivity contribution in [2.45, 2.75) is 32.7 Å². The Kier molecular flexibility index (Phi) is 6.36. The fourth-order valence-electron chi connectivity index (χ4n) is 3.77. The summed E-state index contributed by atoms with van der Waals surface area (Å²) in [4.78, 5) is 40.8. The molecule has 0 saturated heterocycles. The number of carbonyl (C=O) groups excluding carboxylic acids is 3. The van der Waals surface area contributed by atoms with E-state index in [9.17, 15) is 18.8 Å². The molecule has 4 rings (SSSR count). The molecule has 1 aliphatic heterocycles. The maximum Gasteiger partial charge on any atom is 0.277 e. The number of aromatic nitrogens is 3. The van der Waals surface area contributed by atoms with Crippen LogP contribution in [-0.2, 0) is 17.6 Å². The zero-order chi connectivity index (χ0) is 25.3. The van der Waals surface area contributed by atoms with Crippen LogP contribution in [-0.4, -0.2) is 39.1 Å². The SMILES string of the molecule is CC(C)n1nc(C(=O)Nc2cc(NC(=O)Cc3ccc4c(c3)CCO4)cnc2F)c(C(N)=O)c1N. The zero-order valence-electron chi connectivity index (χ0n) is 19.1. The molecule has 1 aromatic carbocycles. The minimum absolute atomic E-state index is 0.0737. The molecule has 182 valence electrons. The molecule has 0 spiro atoms. The molecule has 2 aromatic heterocycles. The smallest absolute Gasteiger partial charge is 0.277 e. The van der Waals surface area contributed by atoms with Crippen LogP contribution in [0.1, 0.15) is 51.9 Å². The van der Waals surface area contributed by atoms with Crippen LogP contribution in [0.25, 0.3) is 0 Å². The minimum atomic E-state index is -0.994. The van der Waals surface area contributed by atoms with Crippen molar-refractivity contribution in [2.75, 3.05) is 23.0 Å². The summed E-state index contributed by atoms with van der Waals surface area (Å²) in [6.07, 6.45) is 1.99. The number of nitrogen functional groups attached to an aromatic ring is 1. The lowest BCUT2D eigenvalue weighted by atomic mass is 10.1. The van der Waals surface area contributed by atoms with Gasteiger partial charge >= 0.3 is 0 Å². The minimum Gasteiger partial charge on any atom is -0.493 e. The Morgan fingerprint density at radius 3 is 2.71 bits per heavy atom. The lowest BCUT2D eigenvalue weighted by Crippen LogP contribution is -2.21. The van der Waals surface area contributed by atoms with E-state index in [-0.39, 0.29) is 46.8 Å². The third-order valence-corrected chi connectivity index (χ3v) is 5.39. The molecule has 0 unspecified atom stereocenters. The largest absolute Gasteiger partial charge is 0.493 e. The third kappa shape index (κ3) is 4.90. The van der Waals surface area contributed by atoms with Gasteiger partial charge in [-0.2, -0.15) is 9.49 Å². The number of rotatable bonds is 7. The summed E-state index contributed by atoms with van der Waals surface area (Å²) in [6, 6.07) is 6.49. The van der Waals surface area contributed by atoms with Crippen LogP contribution in [0.4, 0.5) is 21.6 Å². The fraction of sp³-hybridized carbons (Fsp3) is 0.261. The number of amides is 3.